The molecule has 0 atom stereocenters. The lowest BCUT2D eigenvalue weighted by Crippen LogP contribution is -2.22. The van der Waals surface area contributed by atoms with Crippen LogP contribution < -0.4 is 4.90 Å². The molecule has 0 aliphatic heterocycles. The van der Waals surface area contributed by atoms with Gasteiger partial charge in [0.05, 0.1) is 11.4 Å². The molecule has 0 N–H and O–H groups in total. The molecule has 2 aromatic heterocycles. The predicted molar refractivity (Wildman–Crippen MR) is 109 cm³/mol. The maximum absolute atomic E-state index is 12.2. The van der Waals surface area contributed by atoms with Gasteiger partial charge >= 0.3 is 0 Å². The molecule has 0 spiro atoms. The van der Waals surface area contributed by atoms with Crippen molar-refractivity contribution in [2.45, 2.75) is 38.2 Å². The summed E-state index contributed by atoms with van der Waals surface area (Å²) in [6, 6.07) is 7.17. The zero-order valence-corrected chi connectivity index (χ0v) is 17.6. The highest BCUT2D eigenvalue weighted by Crippen LogP contribution is 2.32. The first-order valence-electron chi connectivity index (χ1n) is 8.33. The van der Waals surface area contributed by atoms with Crippen LogP contribution >= 0.6 is 34.7 Å². The number of anilines is 2. The third kappa shape index (κ3) is 5.06. The van der Waals surface area contributed by atoms with Gasteiger partial charge in [-0.2, -0.15) is 0 Å². The normalized spacial score (nSPS) is 11.1. The molecule has 0 aliphatic carbocycles. The van der Waals surface area contributed by atoms with Crippen molar-refractivity contribution in [1.82, 2.24) is 25.2 Å². The van der Waals surface area contributed by atoms with Gasteiger partial charge in [0, 0.05) is 29.6 Å². The van der Waals surface area contributed by atoms with Crippen LogP contribution in [0.3, 0.4) is 0 Å². The highest BCUT2D eigenvalue weighted by Gasteiger charge is 2.18. The third-order valence-corrected chi connectivity index (χ3v) is 5.60. The fourth-order valence-electron chi connectivity index (χ4n) is 2.41. The van der Waals surface area contributed by atoms with Gasteiger partial charge in [-0.3, -0.25) is 9.69 Å². The average Bonchev–Trinajstić information content (AvgIpc) is 3.22. The minimum absolute atomic E-state index is 0.119. The van der Waals surface area contributed by atoms with Crippen molar-refractivity contribution in [3.05, 3.63) is 40.4 Å². The Kier molecular flexibility index (Phi) is 6.46. The summed E-state index contributed by atoms with van der Waals surface area (Å²) in [5.41, 5.74) is 1.57. The summed E-state index contributed by atoms with van der Waals surface area (Å²) < 4.78 is 1.80. The van der Waals surface area contributed by atoms with E-state index in [0.29, 0.717) is 27.5 Å². The second kappa shape index (κ2) is 8.81. The summed E-state index contributed by atoms with van der Waals surface area (Å²) >= 11 is 9.01. The minimum Gasteiger partial charge on any atom is -0.274 e. The lowest BCUT2D eigenvalue weighted by Gasteiger charge is -2.18. The molecule has 0 aliphatic rings. The molecule has 0 saturated heterocycles. The zero-order valence-electron chi connectivity index (χ0n) is 15.2. The van der Waals surface area contributed by atoms with E-state index in [9.17, 15) is 4.79 Å². The standard InChI is InChI=1S/C17H19ClN6OS2/c1-11(2)8-23-17(20-21-22-23)27-10-14-9-26-16(19-14)24(12(3)25)15-6-4-5-13(18)7-15/h4-7,9,11H,8,10H2,1-3H3. The number of aromatic nitrogens is 5. The number of thioether (sulfide) groups is 1. The maximum Gasteiger partial charge on any atom is 0.230 e. The van der Waals surface area contributed by atoms with Gasteiger partial charge < -0.3 is 0 Å². The second-order valence-corrected chi connectivity index (χ2v) is 8.50. The maximum atomic E-state index is 12.2. The van der Waals surface area contributed by atoms with Crippen molar-refractivity contribution in [3.63, 3.8) is 0 Å². The van der Waals surface area contributed by atoms with Crippen LogP contribution in [0.5, 0.6) is 0 Å². The number of nitrogens with zero attached hydrogens (tertiary/aromatic N) is 6. The van der Waals surface area contributed by atoms with Crippen LogP contribution in [-0.2, 0) is 17.1 Å². The summed E-state index contributed by atoms with van der Waals surface area (Å²) in [5, 5.41) is 15.7. The van der Waals surface area contributed by atoms with Crippen LogP contribution in [0.25, 0.3) is 0 Å². The molecule has 3 aromatic rings. The Morgan fingerprint density at radius 2 is 2.22 bits per heavy atom. The molecule has 0 unspecified atom stereocenters. The van der Waals surface area contributed by atoms with Gasteiger partial charge in [-0.1, -0.05) is 43.3 Å². The fourth-order valence-corrected chi connectivity index (χ4v) is 4.36. The molecule has 2 heterocycles. The van der Waals surface area contributed by atoms with E-state index < -0.39 is 0 Å². The molecule has 7 nitrogen and oxygen atoms in total. The number of thiazole rings is 1. The van der Waals surface area contributed by atoms with E-state index in [2.05, 4.69) is 34.4 Å². The first kappa shape index (κ1) is 19.8. The largest absolute Gasteiger partial charge is 0.274 e. The van der Waals surface area contributed by atoms with Crippen molar-refractivity contribution in [2.75, 3.05) is 4.90 Å². The van der Waals surface area contributed by atoms with Crippen molar-refractivity contribution < 1.29 is 4.79 Å². The first-order chi connectivity index (χ1) is 12.9. The first-order valence-corrected chi connectivity index (χ1v) is 10.6. The van der Waals surface area contributed by atoms with Crippen LogP contribution in [0.4, 0.5) is 10.8 Å². The van der Waals surface area contributed by atoms with Gasteiger partial charge in [0.25, 0.3) is 0 Å². The Morgan fingerprint density at radius 3 is 2.93 bits per heavy atom. The predicted octanol–water partition coefficient (Wildman–Crippen LogP) is 4.42. The van der Waals surface area contributed by atoms with E-state index in [1.807, 2.05) is 17.5 Å². The number of amides is 1. The number of hydrogen-bond donors (Lipinski definition) is 0. The van der Waals surface area contributed by atoms with Crippen molar-refractivity contribution in [1.29, 1.82) is 0 Å². The van der Waals surface area contributed by atoms with Crippen LogP contribution in [0.15, 0.2) is 34.8 Å². The lowest BCUT2D eigenvalue weighted by atomic mass is 10.2. The monoisotopic (exact) mass is 422 g/mol. The van der Waals surface area contributed by atoms with Crippen LogP contribution in [0.2, 0.25) is 5.02 Å². The van der Waals surface area contributed by atoms with Gasteiger partial charge in [-0.15, -0.1) is 16.4 Å². The molecule has 1 amide bonds. The molecular formula is C17H19ClN6OS2. The molecule has 1 aromatic carbocycles. The summed E-state index contributed by atoms with van der Waals surface area (Å²) in [6.07, 6.45) is 0. The second-order valence-electron chi connectivity index (χ2n) is 6.28. The number of hydrogen-bond acceptors (Lipinski definition) is 7. The number of benzene rings is 1. The highest BCUT2D eigenvalue weighted by atomic mass is 35.5. The SMILES string of the molecule is CC(=O)N(c1cccc(Cl)c1)c1nc(CSc2nnnn2CC(C)C)cs1. The molecule has 10 heteroatoms. The van der Waals surface area contributed by atoms with Gasteiger partial charge in [-0.25, -0.2) is 9.67 Å². The molecule has 27 heavy (non-hydrogen) atoms. The van der Waals surface area contributed by atoms with Crippen LogP contribution in [0.1, 0.15) is 26.5 Å². The summed E-state index contributed by atoms with van der Waals surface area (Å²) in [4.78, 5) is 18.3. The van der Waals surface area contributed by atoms with E-state index in [4.69, 9.17) is 11.6 Å². The van der Waals surface area contributed by atoms with Crippen LogP contribution in [0, 0.1) is 5.92 Å². The summed E-state index contributed by atoms with van der Waals surface area (Å²) in [6.45, 7) is 6.52. The van der Waals surface area contributed by atoms with Gasteiger partial charge in [0.15, 0.2) is 5.13 Å². The Balaban J connectivity index is 1.74. The van der Waals surface area contributed by atoms with Crippen molar-refractivity contribution in [3.8, 4) is 0 Å². The van der Waals surface area contributed by atoms with E-state index >= 15 is 0 Å². The number of carbonyl (C=O) groups excluding carboxylic acids is 1. The number of tetrazole rings is 1. The van der Waals surface area contributed by atoms with E-state index in [1.165, 1.54) is 30.0 Å². The smallest absolute Gasteiger partial charge is 0.230 e. The lowest BCUT2D eigenvalue weighted by molar-refractivity contribution is -0.115. The Labute approximate surface area is 170 Å². The average molecular weight is 423 g/mol. The summed E-state index contributed by atoms with van der Waals surface area (Å²) in [7, 11) is 0. The quantitative estimate of drug-likeness (QED) is 0.524. The molecule has 0 radical (unpaired) electrons. The van der Waals surface area contributed by atoms with Crippen molar-refractivity contribution in [2.24, 2.45) is 5.92 Å². The highest BCUT2D eigenvalue weighted by molar-refractivity contribution is 7.98. The molecule has 0 bridgehead atoms. The third-order valence-electron chi connectivity index (χ3n) is 3.50. The minimum atomic E-state index is -0.119. The van der Waals surface area contributed by atoms with E-state index in [1.54, 1.807) is 21.7 Å². The fraction of sp³-hybridized carbons (Fsp3) is 0.353. The Bertz CT molecular complexity index is 926. The van der Waals surface area contributed by atoms with Gasteiger partial charge in [-0.05, 0) is 34.5 Å². The molecule has 0 fully saturated rings. The molecular weight excluding hydrogens is 404 g/mol. The Hall–Kier alpha value is -1.97. The van der Waals surface area contributed by atoms with Gasteiger partial charge in [0.2, 0.25) is 11.1 Å². The number of rotatable bonds is 7. The van der Waals surface area contributed by atoms with E-state index in [0.717, 1.165) is 17.4 Å². The van der Waals surface area contributed by atoms with E-state index in [-0.39, 0.29) is 5.91 Å². The van der Waals surface area contributed by atoms with Crippen LogP contribution in [-0.4, -0.2) is 31.1 Å². The zero-order chi connectivity index (χ0) is 19.4. The topological polar surface area (TPSA) is 76.8 Å². The molecule has 3 rings (SSSR count). The van der Waals surface area contributed by atoms with Crippen molar-refractivity contribution >= 4 is 51.4 Å². The number of carbonyl (C=O) groups is 1. The molecule has 0 saturated carbocycles. The Morgan fingerprint density at radius 1 is 1.41 bits per heavy atom. The number of halogens is 1. The van der Waals surface area contributed by atoms with Gasteiger partial charge in [0.1, 0.15) is 0 Å². The summed E-state index contributed by atoms with van der Waals surface area (Å²) in [5.74, 6) is 0.961. The molecule has 142 valence electrons.